The molecule has 0 aliphatic rings. The van der Waals surface area contributed by atoms with Crippen LogP contribution in [0.25, 0.3) is 0 Å². The molecular formula is C25H35NO4. The van der Waals surface area contributed by atoms with Crippen molar-refractivity contribution in [3.05, 3.63) is 58.1 Å². The SMILES string of the molecule is CCCNCC(O)COc1cc(CCC(=O)c2c(C)cc(C)cc2C)ccc1OC. The second-order valence-electron chi connectivity index (χ2n) is 7.85. The number of nitrogens with one attached hydrogen (secondary N) is 1. The molecule has 2 aromatic rings. The van der Waals surface area contributed by atoms with Crippen LogP contribution in [0.5, 0.6) is 11.5 Å². The number of aliphatic hydroxyl groups excluding tert-OH is 1. The van der Waals surface area contributed by atoms with Crippen LogP contribution >= 0.6 is 0 Å². The van der Waals surface area contributed by atoms with E-state index in [1.165, 1.54) is 5.56 Å². The van der Waals surface area contributed by atoms with Crippen molar-refractivity contribution >= 4 is 5.78 Å². The van der Waals surface area contributed by atoms with Crippen LogP contribution in [-0.2, 0) is 6.42 Å². The molecular weight excluding hydrogens is 378 g/mol. The molecule has 164 valence electrons. The van der Waals surface area contributed by atoms with Crippen molar-refractivity contribution in [3.8, 4) is 11.5 Å². The van der Waals surface area contributed by atoms with Crippen LogP contribution in [0, 0.1) is 20.8 Å². The van der Waals surface area contributed by atoms with E-state index in [9.17, 15) is 9.90 Å². The van der Waals surface area contributed by atoms with Crippen LogP contribution in [0.15, 0.2) is 30.3 Å². The summed E-state index contributed by atoms with van der Waals surface area (Å²) in [6.45, 7) is 9.64. The molecule has 0 aliphatic carbocycles. The average molecular weight is 414 g/mol. The fourth-order valence-electron chi connectivity index (χ4n) is 3.68. The van der Waals surface area contributed by atoms with Gasteiger partial charge in [-0.15, -0.1) is 0 Å². The van der Waals surface area contributed by atoms with Gasteiger partial charge >= 0.3 is 0 Å². The molecule has 2 rings (SSSR count). The van der Waals surface area contributed by atoms with Crippen molar-refractivity contribution in [2.75, 3.05) is 26.8 Å². The molecule has 0 aromatic heterocycles. The molecule has 0 amide bonds. The standard InChI is InChI=1S/C25H35NO4/c1-6-11-26-15-21(27)16-30-24-14-20(8-10-23(24)29-5)7-9-22(28)25-18(3)12-17(2)13-19(25)4/h8,10,12-14,21,26-27H,6-7,9,11,15-16H2,1-5H3. The number of Topliss-reactive ketones (excluding diaryl/α,β-unsaturated/α-hetero) is 1. The summed E-state index contributed by atoms with van der Waals surface area (Å²) in [5.41, 5.74) is 5.06. The Morgan fingerprint density at radius 2 is 1.80 bits per heavy atom. The number of ether oxygens (including phenoxy) is 2. The van der Waals surface area contributed by atoms with E-state index in [4.69, 9.17) is 9.47 Å². The first-order chi connectivity index (χ1) is 14.3. The summed E-state index contributed by atoms with van der Waals surface area (Å²) in [5.74, 6) is 1.35. The first kappa shape index (κ1) is 23.9. The summed E-state index contributed by atoms with van der Waals surface area (Å²) in [6.07, 6.45) is 1.47. The number of methoxy groups -OCH3 is 1. The fourth-order valence-corrected chi connectivity index (χ4v) is 3.68. The first-order valence-electron chi connectivity index (χ1n) is 10.6. The van der Waals surface area contributed by atoms with Gasteiger partial charge < -0.3 is 19.9 Å². The van der Waals surface area contributed by atoms with Crippen molar-refractivity contribution < 1.29 is 19.4 Å². The number of aryl methyl sites for hydroxylation is 4. The number of benzene rings is 2. The van der Waals surface area contributed by atoms with Gasteiger partial charge in [0.2, 0.25) is 0 Å². The smallest absolute Gasteiger partial charge is 0.163 e. The van der Waals surface area contributed by atoms with E-state index in [0.717, 1.165) is 35.2 Å². The van der Waals surface area contributed by atoms with Gasteiger partial charge in [0.25, 0.3) is 0 Å². The summed E-state index contributed by atoms with van der Waals surface area (Å²) in [6, 6.07) is 9.81. The number of rotatable bonds is 12. The summed E-state index contributed by atoms with van der Waals surface area (Å²) >= 11 is 0. The lowest BCUT2D eigenvalue weighted by Gasteiger charge is -2.16. The summed E-state index contributed by atoms with van der Waals surface area (Å²) in [7, 11) is 1.59. The Balaban J connectivity index is 2.01. The highest BCUT2D eigenvalue weighted by Crippen LogP contribution is 2.29. The monoisotopic (exact) mass is 413 g/mol. The molecule has 0 saturated heterocycles. The Bertz CT molecular complexity index is 824. The summed E-state index contributed by atoms with van der Waals surface area (Å²) in [5, 5.41) is 13.2. The second-order valence-corrected chi connectivity index (χ2v) is 7.85. The molecule has 0 heterocycles. The largest absolute Gasteiger partial charge is 0.493 e. The van der Waals surface area contributed by atoms with Crippen LogP contribution in [0.1, 0.15) is 52.4 Å². The minimum atomic E-state index is -0.598. The minimum Gasteiger partial charge on any atom is -0.493 e. The third-order valence-electron chi connectivity index (χ3n) is 5.06. The van der Waals surface area contributed by atoms with E-state index in [1.807, 2.05) is 39.0 Å². The van der Waals surface area contributed by atoms with E-state index in [1.54, 1.807) is 7.11 Å². The van der Waals surface area contributed by atoms with E-state index in [-0.39, 0.29) is 12.4 Å². The van der Waals surface area contributed by atoms with Gasteiger partial charge in [-0.05, 0) is 69.0 Å². The number of ketones is 1. The Morgan fingerprint density at radius 3 is 2.43 bits per heavy atom. The normalized spacial score (nSPS) is 11.9. The topological polar surface area (TPSA) is 67.8 Å². The molecule has 1 atom stereocenters. The first-order valence-corrected chi connectivity index (χ1v) is 10.6. The van der Waals surface area contributed by atoms with E-state index in [2.05, 4.69) is 24.4 Å². The van der Waals surface area contributed by atoms with Crippen LogP contribution in [0.4, 0.5) is 0 Å². The van der Waals surface area contributed by atoms with Crippen molar-refractivity contribution in [2.45, 2.75) is 53.1 Å². The van der Waals surface area contributed by atoms with E-state index < -0.39 is 6.10 Å². The lowest BCUT2D eigenvalue weighted by molar-refractivity contribution is 0.0981. The van der Waals surface area contributed by atoms with Crippen LogP contribution in [-0.4, -0.2) is 43.8 Å². The van der Waals surface area contributed by atoms with Crippen LogP contribution < -0.4 is 14.8 Å². The summed E-state index contributed by atoms with van der Waals surface area (Å²) in [4.78, 5) is 12.8. The van der Waals surface area contributed by atoms with Gasteiger partial charge in [0, 0.05) is 18.5 Å². The number of carbonyl (C=O) groups is 1. The van der Waals surface area contributed by atoms with Crippen molar-refractivity contribution in [3.63, 3.8) is 0 Å². The average Bonchev–Trinajstić information content (AvgIpc) is 2.70. The molecule has 0 saturated carbocycles. The number of aliphatic hydroxyl groups is 1. The molecule has 1 unspecified atom stereocenters. The molecule has 30 heavy (non-hydrogen) atoms. The predicted molar refractivity (Wildman–Crippen MR) is 121 cm³/mol. The maximum absolute atomic E-state index is 12.8. The molecule has 2 N–H and O–H groups in total. The highest BCUT2D eigenvalue weighted by molar-refractivity contribution is 5.99. The van der Waals surface area contributed by atoms with Gasteiger partial charge in [0.05, 0.1) is 7.11 Å². The fraction of sp³-hybridized carbons (Fsp3) is 0.480. The molecule has 0 fully saturated rings. The highest BCUT2D eigenvalue weighted by atomic mass is 16.5. The maximum Gasteiger partial charge on any atom is 0.163 e. The van der Waals surface area contributed by atoms with E-state index in [0.29, 0.717) is 30.9 Å². The maximum atomic E-state index is 12.8. The zero-order valence-corrected chi connectivity index (χ0v) is 18.9. The highest BCUT2D eigenvalue weighted by Gasteiger charge is 2.14. The van der Waals surface area contributed by atoms with Crippen LogP contribution in [0.3, 0.4) is 0 Å². The van der Waals surface area contributed by atoms with Crippen molar-refractivity contribution in [2.24, 2.45) is 0 Å². The molecule has 2 aromatic carbocycles. The molecule has 0 spiro atoms. The third kappa shape index (κ3) is 6.85. The van der Waals surface area contributed by atoms with Gasteiger partial charge in [-0.2, -0.15) is 0 Å². The lowest BCUT2D eigenvalue weighted by atomic mass is 9.93. The van der Waals surface area contributed by atoms with Gasteiger partial charge in [0.1, 0.15) is 12.7 Å². The minimum absolute atomic E-state index is 0.153. The van der Waals surface area contributed by atoms with E-state index >= 15 is 0 Å². The summed E-state index contributed by atoms with van der Waals surface area (Å²) < 4.78 is 11.2. The predicted octanol–water partition coefficient (Wildman–Crippen LogP) is 4.18. The van der Waals surface area contributed by atoms with Gasteiger partial charge in [-0.3, -0.25) is 4.79 Å². The van der Waals surface area contributed by atoms with Crippen molar-refractivity contribution in [1.82, 2.24) is 5.32 Å². The van der Waals surface area contributed by atoms with Crippen LogP contribution in [0.2, 0.25) is 0 Å². The Morgan fingerprint density at radius 1 is 1.10 bits per heavy atom. The Labute approximate surface area is 180 Å². The second kappa shape index (κ2) is 11.7. The van der Waals surface area contributed by atoms with Crippen molar-refractivity contribution in [1.29, 1.82) is 0 Å². The van der Waals surface area contributed by atoms with Gasteiger partial charge in [0.15, 0.2) is 17.3 Å². The Hall–Kier alpha value is -2.37. The molecule has 0 radical (unpaired) electrons. The number of carbonyl (C=O) groups excluding carboxylic acids is 1. The zero-order valence-electron chi connectivity index (χ0n) is 18.9. The molecule has 0 bridgehead atoms. The third-order valence-corrected chi connectivity index (χ3v) is 5.06. The zero-order chi connectivity index (χ0) is 22.1. The van der Waals surface area contributed by atoms with Gasteiger partial charge in [-0.1, -0.05) is 30.7 Å². The number of hydrogen-bond acceptors (Lipinski definition) is 5. The molecule has 0 aliphatic heterocycles. The quantitative estimate of drug-likeness (QED) is 0.404. The molecule has 5 heteroatoms. The number of hydrogen-bond donors (Lipinski definition) is 2. The van der Waals surface area contributed by atoms with Gasteiger partial charge in [-0.25, -0.2) is 0 Å². The Kier molecular flexibility index (Phi) is 9.34. The molecule has 5 nitrogen and oxygen atoms in total. The lowest BCUT2D eigenvalue weighted by Crippen LogP contribution is -2.31.